The van der Waals surface area contributed by atoms with Crippen molar-refractivity contribution < 1.29 is 19.1 Å². The van der Waals surface area contributed by atoms with Gasteiger partial charge in [0.05, 0.1) is 0 Å². The maximum absolute atomic E-state index is 12.7. The summed E-state index contributed by atoms with van der Waals surface area (Å²) in [7, 11) is 0. The van der Waals surface area contributed by atoms with Gasteiger partial charge in [-0.05, 0) is 36.5 Å². The third-order valence-corrected chi connectivity index (χ3v) is 2.92. The molecule has 0 bridgehead atoms. The fourth-order valence-electron chi connectivity index (χ4n) is 1.87. The molecule has 0 heterocycles. The Kier molecular flexibility index (Phi) is 6.65. The van der Waals surface area contributed by atoms with Crippen molar-refractivity contribution in [2.75, 3.05) is 6.54 Å². The largest absolute Gasteiger partial charge is 0.480 e. The number of carbonyl (C=O) groups excluding carboxylic acids is 1. The van der Waals surface area contributed by atoms with Gasteiger partial charge in [-0.1, -0.05) is 26.0 Å². The molecule has 0 aliphatic rings. The molecule has 0 saturated carbocycles. The second-order valence-electron chi connectivity index (χ2n) is 5.30. The minimum absolute atomic E-state index is 0.172. The second kappa shape index (κ2) is 8.24. The highest BCUT2D eigenvalue weighted by Gasteiger charge is 2.20. The van der Waals surface area contributed by atoms with E-state index in [9.17, 15) is 14.0 Å². The van der Waals surface area contributed by atoms with Gasteiger partial charge in [0.1, 0.15) is 11.9 Å². The molecule has 0 fully saturated rings. The number of amides is 2. The first-order chi connectivity index (χ1) is 9.88. The Bertz CT molecular complexity index is 474. The number of hydrogen-bond donors (Lipinski definition) is 3. The van der Waals surface area contributed by atoms with Crippen LogP contribution in [0.4, 0.5) is 9.18 Å². The summed E-state index contributed by atoms with van der Waals surface area (Å²) in [6.45, 7) is 4.14. The first-order valence-corrected chi connectivity index (χ1v) is 6.90. The van der Waals surface area contributed by atoms with Crippen LogP contribution in [0.25, 0.3) is 0 Å². The van der Waals surface area contributed by atoms with Crippen molar-refractivity contribution in [3.8, 4) is 0 Å². The average molecular weight is 296 g/mol. The quantitative estimate of drug-likeness (QED) is 0.721. The Labute approximate surface area is 123 Å². The molecule has 2 amide bonds. The molecule has 0 spiro atoms. The minimum Gasteiger partial charge on any atom is -0.480 e. The van der Waals surface area contributed by atoms with E-state index in [2.05, 4.69) is 10.6 Å². The highest BCUT2D eigenvalue weighted by molar-refractivity contribution is 5.82. The van der Waals surface area contributed by atoms with Gasteiger partial charge in [0.2, 0.25) is 0 Å². The van der Waals surface area contributed by atoms with Gasteiger partial charge in [-0.2, -0.15) is 0 Å². The van der Waals surface area contributed by atoms with Crippen LogP contribution in [0.15, 0.2) is 24.3 Å². The predicted octanol–water partition coefficient (Wildman–Crippen LogP) is 2.17. The topological polar surface area (TPSA) is 78.4 Å². The zero-order valence-corrected chi connectivity index (χ0v) is 12.2. The number of hydrogen-bond acceptors (Lipinski definition) is 2. The van der Waals surface area contributed by atoms with E-state index in [4.69, 9.17) is 5.11 Å². The van der Waals surface area contributed by atoms with E-state index in [-0.39, 0.29) is 11.7 Å². The van der Waals surface area contributed by atoms with Crippen LogP contribution in [0.2, 0.25) is 0 Å². The van der Waals surface area contributed by atoms with Crippen molar-refractivity contribution in [2.24, 2.45) is 5.92 Å². The second-order valence-corrected chi connectivity index (χ2v) is 5.30. The summed E-state index contributed by atoms with van der Waals surface area (Å²) >= 11 is 0. The lowest BCUT2D eigenvalue weighted by Gasteiger charge is -2.16. The molecule has 0 aliphatic carbocycles. The summed E-state index contributed by atoms with van der Waals surface area (Å²) in [5, 5.41) is 14.1. The highest BCUT2D eigenvalue weighted by atomic mass is 19.1. The third kappa shape index (κ3) is 6.74. The summed E-state index contributed by atoms with van der Waals surface area (Å²) < 4.78 is 12.7. The van der Waals surface area contributed by atoms with Gasteiger partial charge < -0.3 is 15.7 Å². The molecular weight excluding hydrogens is 275 g/mol. The van der Waals surface area contributed by atoms with Crippen LogP contribution >= 0.6 is 0 Å². The van der Waals surface area contributed by atoms with Crippen LogP contribution < -0.4 is 10.6 Å². The Morgan fingerprint density at radius 3 is 2.38 bits per heavy atom. The number of halogens is 1. The van der Waals surface area contributed by atoms with Crippen LogP contribution in [0.1, 0.15) is 25.8 Å². The third-order valence-electron chi connectivity index (χ3n) is 2.92. The Hall–Kier alpha value is -2.11. The van der Waals surface area contributed by atoms with Crippen LogP contribution in [0, 0.1) is 11.7 Å². The predicted molar refractivity (Wildman–Crippen MR) is 77.5 cm³/mol. The maximum atomic E-state index is 12.7. The molecule has 0 saturated heterocycles. The standard InChI is InChI=1S/C15H21FN2O3/c1-10(2)9-13(14(19)20)18-15(21)17-8-7-11-3-5-12(16)6-4-11/h3-6,10,13H,7-9H2,1-2H3,(H,19,20)(H2,17,18,21). The van der Waals surface area contributed by atoms with E-state index in [0.29, 0.717) is 19.4 Å². The average Bonchev–Trinajstić information content (AvgIpc) is 2.39. The van der Waals surface area contributed by atoms with Crippen LogP contribution in [0.5, 0.6) is 0 Å². The number of benzene rings is 1. The van der Waals surface area contributed by atoms with Crippen molar-refractivity contribution in [2.45, 2.75) is 32.7 Å². The number of carboxylic acids is 1. The van der Waals surface area contributed by atoms with Crippen LogP contribution in [0.3, 0.4) is 0 Å². The summed E-state index contributed by atoms with van der Waals surface area (Å²) in [6.07, 6.45) is 0.927. The number of urea groups is 1. The zero-order valence-electron chi connectivity index (χ0n) is 12.2. The molecule has 3 N–H and O–H groups in total. The van der Waals surface area contributed by atoms with E-state index >= 15 is 0 Å². The molecular formula is C15H21FN2O3. The Balaban J connectivity index is 2.35. The molecule has 1 atom stereocenters. The highest BCUT2D eigenvalue weighted by Crippen LogP contribution is 2.05. The fourth-order valence-corrected chi connectivity index (χ4v) is 1.87. The van der Waals surface area contributed by atoms with Gasteiger partial charge in [0.15, 0.2) is 0 Å². The SMILES string of the molecule is CC(C)CC(NC(=O)NCCc1ccc(F)cc1)C(=O)O. The molecule has 1 rings (SSSR count). The minimum atomic E-state index is -1.04. The molecule has 0 aliphatic heterocycles. The molecule has 6 heteroatoms. The Morgan fingerprint density at radius 2 is 1.86 bits per heavy atom. The summed E-state index contributed by atoms with van der Waals surface area (Å²) in [6, 6.07) is 4.61. The molecule has 5 nitrogen and oxygen atoms in total. The lowest BCUT2D eigenvalue weighted by molar-refractivity contribution is -0.139. The number of rotatable bonds is 7. The van der Waals surface area contributed by atoms with Gasteiger partial charge in [0.25, 0.3) is 0 Å². The van der Waals surface area contributed by atoms with Gasteiger partial charge in [0, 0.05) is 6.54 Å². The van der Waals surface area contributed by atoms with Crippen molar-refractivity contribution in [1.82, 2.24) is 10.6 Å². The molecule has 1 unspecified atom stereocenters. The Morgan fingerprint density at radius 1 is 1.24 bits per heavy atom. The fraction of sp³-hybridized carbons (Fsp3) is 0.467. The van der Waals surface area contributed by atoms with Crippen molar-refractivity contribution in [1.29, 1.82) is 0 Å². The number of carboxylic acid groups (broad SMARTS) is 1. The van der Waals surface area contributed by atoms with E-state index in [1.807, 2.05) is 13.8 Å². The molecule has 116 valence electrons. The molecule has 0 aromatic heterocycles. The molecule has 1 aromatic rings. The number of carbonyl (C=O) groups is 2. The van der Waals surface area contributed by atoms with E-state index in [0.717, 1.165) is 5.56 Å². The van der Waals surface area contributed by atoms with Gasteiger partial charge in [-0.25, -0.2) is 14.0 Å². The molecule has 1 aromatic carbocycles. The first kappa shape index (κ1) is 16.9. The summed E-state index contributed by atoms with van der Waals surface area (Å²) in [5.41, 5.74) is 0.897. The van der Waals surface area contributed by atoms with Gasteiger partial charge in [-0.15, -0.1) is 0 Å². The summed E-state index contributed by atoms with van der Waals surface area (Å²) in [5.74, 6) is -1.18. The smallest absolute Gasteiger partial charge is 0.326 e. The normalized spacial score (nSPS) is 12.0. The van der Waals surface area contributed by atoms with Crippen molar-refractivity contribution >= 4 is 12.0 Å². The van der Waals surface area contributed by atoms with E-state index in [1.54, 1.807) is 12.1 Å². The van der Waals surface area contributed by atoms with Gasteiger partial charge >= 0.3 is 12.0 Å². The van der Waals surface area contributed by atoms with Crippen molar-refractivity contribution in [3.63, 3.8) is 0 Å². The zero-order chi connectivity index (χ0) is 15.8. The summed E-state index contributed by atoms with van der Waals surface area (Å²) in [4.78, 5) is 22.7. The lowest BCUT2D eigenvalue weighted by Crippen LogP contribution is -2.47. The molecule has 21 heavy (non-hydrogen) atoms. The van der Waals surface area contributed by atoms with Crippen molar-refractivity contribution in [3.05, 3.63) is 35.6 Å². The van der Waals surface area contributed by atoms with Crippen LogP contribution in [-0.2, 0) is 11.2 Å². The number of aliphatic carboxylic acids is 1. The van der Waals surface area contributed by atoms with Gasteiger partial charge in [-0.3, -0.25) is 0 Å². The monoisotopic (exact) mass is 296 g/mol. The first-order valence-electron chi connectivity index (χ1n) is 6.90. The van der Waals surface area contributed by atoms with E-state index in [1.165, 1.54) is 12.1 Å². The maximum Gasteiger partial charge on any atom is 0.326 e. The molecule has 0 radical (unpaired) electrons. The number of nitrogens with one attached hydrogen (secondary N) is 2. The van der Waals surface area contributed by atoms with Crippen LogP contribution in [-0.4, -0.2) is 29.7 Å². The van der Waals surface area contributed by atoms with E-state index < -0.39 is 18.0 Å². The lowest BCUT2D eigenvalue weighted by atomic mass is 10.0.